The zero-order valence-electron chi connectivity index (χ0n) is 12.6. The molecule has 0 spiro atoms. The maximum Gasteiger partial charge on any atom is 0.169 e. The first-order valence-corrected chi connectivity index (χ1v) is 7.65. The Morgan fingerprint density at radius 1 is 1.29 bits per heavy atom. The first kappa shape index (κ1) is 15.5. The van der Waals surface area contributed by atoms with E-state index in [4.69, 9.17) is 12.2 Å². The molecule has 21 heavy (non-hydrogen) atoms. The molecule has 5 heteroatoms. The van der Waals surface area contributed by atoms with Gasteiger partial charge in [-0.1, -0.05) is 30.3 Å². The maximum absolute atomic E-state index is 5.43. The van der Waals surface area contributed by atoms with Gasteiger partial charge in [0.15, 0.2) is 5.11 Å². The number of hydrogen-bond donors (Lipinski definition) is 1. The van der Waals surface area contributed by atoms with Crippen molar-refractivity contribution in [2.24, 2.45) is 0 Å². The molecule has 1 aromatic carbocycles. The smallest absolute Gasteiger partial charge is 0.169 e. The Labute approximate surface area is 131 Å². The number of rotatable bonds is 6. The summed E-state index contributed by atoms with van der Waals surface area (Å²) in [5, 5.41) is 8.36. The van der Waals surface area contributed by atoms with Crippen LogP contribution in [0.1, 0.15) is 18.2 Å². The topological polar surface area (TPSA) is 33.1 Å². The van der Waals surface area contributed by atoms with Gasteiger partial charge in [0.05, 0.1) is 12.2 Å². The van der Waals surface area contributed by atoms with Crippen LogP contribution in [0.2, 0.25) is 0 Å². The molecule has 0 saturated heterocycles. The average Bonchev–Trinajstić information content (AvgIpc) is 2.95. The van der Waals surface area contributed by atoms with E-state index in [0.29, 0.717) is 0 Å². The summed E-state index contributed by atoms with van der Waals surface area (Å²) in [4.78, 5) is 2.05. The Hall–Kier alpha value is -1.88. The molecule has 0 amide bonds. The van der Waals surface area contributed by atoms with Crippen LogP contribution >= 0.6 is 12.2 Å². The molecular formula is C16H22N4S. The lowest BCUT2D eigenvalue weighted by atomic mass is 10.1. The summed E-state index contributed by atoms with van der Waals surface area (Å²) >= 11 is 5.43. The highest BCUT2D eigenvalue weighted by Gasteiger charge is 2.08. The van der Waals surface area contributed by atoms with E-state index in [0.717, 1.165) is 31.2 Å². The van der Waals surface area contributed by atoms with E-state index in [-0.39, 0.29) is 0 Å². The predicted molar refractivity (Wildman–Crippen MR) is 90.1 cm³/mol. The lowest BCUT2D eigenvalue weighted by Crippen LogP contribution is -2.38. The second-order valence-electron chi connectivity index (χ2n) is 4.96. The first-order valence-electron chi connectivity index (χ1n) is 7.24. The third-order valence-corrected chi connectivity index (χ3v) is 3.84. The summed E-state index contributed by atoms with van der Waals surface area (Å²) in [7, 11) is 2.00. The molecule has 1 N–H and O–H groups in total. The van der Waals surface area contributed by atoms with Crippen molar-refractivity contribution in [3.05, 3.63) is 53.9 Å². The fraction of sp³-hybridized carbons (Fsp3) is 0.375. The standard InChI is InChI=1S/C16H22N4S/c1-3-20-15(10-12-18-20)13-19(2)16(21)17-11-9-14-7-5-4-6-8-14/h4-8,10,12H,3,9,11,13H2,1-2H3,(H,17,21). The van der Waals surface area contributed by atoms with Crippen LogP contribution < -0.4 is 5.32 Å². The van der Waals surface area contributed by atoms with Crippen LogP contribution in [-0.4, -0.2) is 33.4 Å². The Bertz CT molecular complexity index is 565. The van der Waals surface area contributed by atoms with Crippen LogP contribution in [0.25, 0.3) is 0 Å². The van der Waals surface area contributed by atoms with Crippen molar-refractivity contribution in [2.75, 3.05) is 13.6 Å². The van der Waals surface area contributed by atoms with Crippen molar-refractivity contribution in [1.29, 1.82) is 0 Å². The number of benzene rings is 1. The molecule has 1 aromatic heterocycles. The van der Waals surface area contributed by atoms with Gasteiger partial charge in [-0.3, -0.25) is 4.68 Å². The van der Waals surface area contributed by atoms with Crippen molar-refractivity contribution in [1.82, 2.24) is 20.0 Å². The fourth-order valence-corrected chi connectivity index (χ4v) is 2.35. The van der Waals surface area contributed by atoms with Crippen LogP contribution in [-0.2, 0) is 19.5 Å². The zero-order chi connectivity index (χ0) is 15.1. The van der Waals surface area contributed by atoms with Crippen molar-refractivity contribution in [3.63, 3.8) is 0 Å². The summed E-state index contributed by atoms with van der Waals surface area (Å²) in [5.41, 5.74) is 2.49. The van der Waals surface area contributed by atoms with Crippen molar-refractivity contribution >= 4 is 17.3 Å². The predicted octanol–water partition coefficient (Wildman–Crippen LogP) is 2.45. The van der Waals surface area contributed by atoms with E-state index in [1.165, 1.54) is 11.3 Å². The summed E-state index contributed by atoms with van der Waals surface area (Å²) in [6.07, 6.45) is 2.81. The minimum absolute atomic E-state index is 0.769. The van der Waals surface area contributed by atoms with Gasteiger partial charge in [-0.25, -0.2) is 0 Å². The van der Waals surface area contributed by atoms with Gasteiger partial charge < -0.3 is 10.2 Å². The van der Waals surface area contributed by atoms with Gasteiger partial charge in [0.1, 0.15) is 0 Å². The summed E-state index contributed by atoms with van der Waals surface area (Å²) < 4.78 is 1.99. The zero-order valence-corrected chi connectivity index (χ0v) is 13.4. The minimum atomic E-state index is 0.769. The quantitative estimate of drug-likeness (QED) is 0.831. The van der Waals surface area contributed by atoms with Crippen LogP contribution in [0.4, 0.5) is 0 Å². The van der Waals surface area contributed by atoms with Gasteiger partial charge in [0.2, 0.25) is 0 Å². The first-order chi connectivity index (χ1) is 10.2. The highest BCUT2D eigenvalue weighted by molar-refractivity contribution is 7.80. The lowest BCUT2D eigenvalue weighted by molar-refractivity contribution is 0.458. The van der Waals surface area contributed by atoms with E-state index in [2.05, 4.69) is 41.6 Å². The molecule has 2 rings (SSSR count). The highest BCUT2D eigenvalue weighted by Crippen LogP contribution is 2.03. The van der Waals surface area contributed by atoms with Crippen molar-refractivity contribution < 1.29 is 0 Å². The monoisotopic (exact) mass is 302 g/mol. The number of hydrogen-bond acceptors (Lipinski definition) is 2. The molecule has 0 bridgehead atoms. The van der Waals surface area contributed by atoms with E-state index in [9.17, 15) is 0 Å². The molecule has 0 saturated carbocycles. The number of nitrogens with one attached hydrogen (secondary N) is 1. The van der Waals surface area contributed by atoms with E-state index < -0.39 is 0 Å². The third-order valence-electron chi connectivity index (χ3n) is 3.38. The molecule has 2 aromatic rings. The molecule has 0 atom stereocenters. The average molecular weight is 302 g/mol. The van der Waals surface area contributed by atoms with E-state index in [1.54, 1.807) is 0 Å². The Balaban J connectivity index is 1.77. The molecule has 0 fully saturated rings. The number of nitrogens with zero attached hydrogens (tertiary/aromatic N) is 3. The molecule has 0 aliphatic heterocycles. The second kappa shape index (κ2) is 7.78. The Kier molecular flexibility index (Phi) is 5.75. The van der Waals surface area contributed by atoms with Crippen molar-refractivity contribution in [3.8, 4) is 0 Å². The number of aryl methyl sites for hydroxylation is 1. The molecule has 112 valence electrons. The summed E-state index contributed by atoms with van der Waals surface area (Å²) in [5.74, 6) is 0. The second-order valence-corrected chi connectivity index (χ2v) is 5.35. The van der Waals surface area contributed by atoms with E-state index in [1.807, 2.05) is 35.0 Å². The highest BCUT2D eigenvalue weighted by atomic mass is 32.1. The van der Waals surface area contributed by atoms with Crippen LogP contribution in [0.3, 0.4) is 0 Å². The fourth-order valence-electron chi connectivity index (χ4n) is 2.19. The summed E-state index contributed by atoms with van der Waals surface area (Å²) in [6.45, 7) is 4.59. The van der Waals surface area contributed by atoms with Gasteiger partial charge in [-0.05, 0) is 37.2 Å². The third kappa shape index (κ3) is 4.56. The van der Waals surface area contributed by atoms with Crippen LogP contribution in [0, 0.1) is 0 Å². The van der Waals surface area contributed by atoms with Crippen LogP contribution in [0.5, 0.6) is 0 Å². The molecule has 0 unspecified atom stereocenters. The Morgan fingerprint density at radius 3 is 2.76 bits per heavy atom. The molecule has 0 aliphatic rings. The van der Waals surface area contributed by atoms with Gasteiger partial charge >= 0.3 is 0 Å². The lowest BCUT2D eigenvalue weighted by Gasteiger charge is -2.21. The van der Waals surface area contributed by atoms with Gasteiger partial charge in [-0.2, -0.15) is 5.10 Å². The molecule has 0 aliphatic carbocycles. The minimum Gasteiger partial charge on any atom is -0.362 e. The normalized spacial score (nSPS) is 10.4. The van der Waals surface area contributed by atoms with E-state index >= 15 is 0 Å². The van der Waals surface area contributed by atoms with Gasteiger partial charge in [0, 0.05) is 26.3 Å². The van der Waals surface area contributed by atoms with Crippen LogP contribution in [0.15, 0.2) is 42.6 Å². The largest absolute Gasteiger partial charge is 0.362 e. The Morgan fingerprint density at radius 2 is 2.05 bits per heavy atom. The SMILES string of the molecule is CCn1nccc1CN(C)C(=S)NCCc1ccccc1. The molecule has 1 heterocycles. The number of aromatic nitrogens is 2. The molecule has 0 radical (unpaired) electrons. The van der Waals surface area contributed by atoms with Gasteiger partial charge in [-0.15, -0.1) is 0 Å². The van der Waals surface area contributed by atoms with Gasteiger partial charge in [0.25, 0.3) is 0 Å². The molecular weight excluding hydrogens is 280 g/mol. The van der Waals surface area contributed by atoms with Crippen molar-refractivity contribution in [2.45, 2.75) is 26.4 Å². The maximum atomic E-state index is 5.43. The number of thiocarbonyl (C=S) groups is 1. The molecule has 4 nitrogen and oxygen atoms in total. The summed E-state index contributed by atoms with van der Waals surface area (Å²) in [6, 6.07) is 12.5.